The lowest BCUT2D eigenvalue weighted by atomic mass is 9.95. The monoisotopic (exact) mass is 828 g/mol. The van der Waals surface area contributed by atoms with Gasteiger partial charge in [-0.3, -0.25) is 0 Å². The Labute approximate surface area is 376 Å². The minimum atomic E-state index is 0.870. The van der Waals surface area contributed by atoms with Gasteiger partial charge in [0.15, 0.2) is 0 Å². The first-order chi connectivity index (χ1) is 32.2. The molecule has 0 saturated heterocycles. The van der Waals surface area contributed by atoms with Gasteiger partial charge in [0, 0.05) is 32.8 Å². The van der Waals surface area contributed by atoms with Crippen molar-refractivity contribution in [3.8, 4) is 39.1 Å². The Balaban J connectivity index is 1.02. The van der Waals surface area contributed by atoms with Crippen LogP contribution in [0.25, 0.3) is 104 Å². The lowest BCUT2D eigenvalue weighted by molar-refractivity contribution is 0.669. The SMILES string of the molecule is c1cc(-c2ccc(N(c3ccccc3-c3cccc4oc5cc6ccccc6cc5c34)c3ccccc3-n3c4ccccc4c4ccccc43)cc2)cc(-c2cccc3ccccc23)c1. The number of anilines is 3. The maximum Gasteiger partial charge on any atom is 0.136 e. The molecule has 0 aliphatic heterocycles. The van der Waals surface area contributed by atoms with Gasteiger partial charge in [0.25, 0.3) is 0 Å². The maximum absolute atomic E-state index is 6.64. The van der Waals surface area contributed by atoms with Gasteiger partial charge in [-0.1, -0.05) is 176 Å². The zero-order chi connectivity index (χ0) is 42.8. The molecule has 2 heterocycles. The van der Waals surface area contributed by atoms with Crippen LogP contribution in [-0.2, 0) is 0 Å². The van der Waals surface area contributed by atoms with E-state index in [1.807, 2.05) is 0 Å². The third-order valence-corrected chi connectivity index (χ3v) is 13.2. The molecular weight excluding hydrogens is 789 g/mol. The molecule has 0 fully saturated rings. The Morgan fingerprint density at radius 1 is 0.323 bits per heavy atom. The number of benzene rings is 11. The van der Waals surface area contributed by atoms with Gasteiger partial charge in [-0.2, -0.15) is 0 Å². The summed E-state index contributed by atoms with van der Waals surface area (Å²) in [6.45, 7) is 0. The van der Waals surface area contributed by atoms with E-state index in [2.05, 4.69) is 252 Å². The predicted octanol–water partition coefficient (Wildman–Crippen LogP) is 17.5. The first kappa shape index (κ1) is 36.9. The normalized spacial score (nSPS) is 11.7. The molecule has 0 radical (unpaired) electrons. The fourth-order valence-corrected chi connectivity index (χ4v) is 10.2. The summed E-state index contributed by atoms with van der Waals surface area (Å²) in [7, 11) is 0. The largest absolute Gasteiger partial charge is 0.456 e. The van der Waals surface area contributed by atoms with Crippen LogP contribution >= 0.6 is 0 Å². The van der Waals surface area contributed by atoms with E-state index in [9.17, 15) is 0 Å². The van der Waals surface area contributed by atoms with Crippen molar-refractivity contribution in [3.05, 3.63) is 243 Å². The molecular formula is C62H40N2O. The first-order valence-corrected chi connectivity index (χ1v) is 22.2. The minimum Gasteiger partial charge on any atom is -0.456 e. The lowest BCUT2D eigenvalue weighted by Crippen LogP contribution is -2.14. The first-order valence-electron chi connectivity index (χ1n) is 22.2. The number of furan rings is 1. The Morgan fingerprint density at radius 3 is 1.69 bits per heavy atom. The molecule has 13 aromatic rings. The molecule has 3 heteroatoms. The van der Waals surface area contributed by atoms with Crippen LogP contribution in [0.15, 0.2) is 247 Å². The number of hydrogen-bond donors (Lipinski definition) is 0. The summed E-state index contributed by atoms with van der Waals surface area (Å²) in [5.41, 5.74) is 15.3. The molecule has 0 aliphatic rings. The highest BCUT2D eigenvalue weighted by Crippen LogP contribution is 2.48. The third kappa shape index (κ3) is 6.05. The molecule has 0 bridgehead atoms. The molecule has 0 N–H and O–H groups in total. The number of para-hydroxylation sites is 5. The molecule has 0 atom stereocenters. The van der Waals surface area contributed by atoms with Crippen LogP contribution in [0.1, 0.15) is 0 Å². The molecule has 304 valence electrons. The van der Waals surface area contributed by atoms with Crippen LogP contribution in [0.3, 0.4) is 0 Å². The van der Waals surface area contributed by atoms with Gasteiger partial charge in [0.05, 0.1) is 28.1 Å². The van der Waals surface area contributed by atoms with Gasteiger partial charge < -0.3 is 13.9 Å². The average Bonchev–Trinajstić information content (AvgIpc) is 3.91. The summed E-state index contributed by atoms with van der Waals surface area (Å²) in [6.07, 6.45) is 0. The van der Waals surface area contributed by atoms with E-state index < -0.39 is 0 Å². The Morgan fingerprint density at radius 2 is 0.892 bits per heavy atom. The quantitative estimate of drug-likeness (QED) is 0.160. The zero-order valence-electron chi connectivity index (χ0n) is 35.4. The van der Waals surface area contributed by atoms with Crippen molar-refractivity contribution < 1.29 is 4.42 Å². The Kier molecular flexibility index (Phi) is 8.53. The number of rotatable bonds is 7. The van der Waals surface area contributed by atoms with Gasteiger partial charge >= 0.3 is 0 Å². The smallest absolute Gasteiger partial charge is 0.136 e. The molecule has 13 rings (SSSR count). The van der Waals surface area contributed by atoms with Crippen LogP contribution in [-0.4, -0.2) is 4.57 Å². The van der Waals surface area contributed by atoms with Crippen LogP contribution in [0, 0.1) is 0 Å². The van der Waals surface area contributed by atoms with E-state index in [1.165, 1.54) is 43.6 Å². The Hall–Kier alpha value is -8.66. The van der Waals surface area contributed by atoms with Crippen LogP contribution in [0.5, 0.6) is 0 Å². The van der Waals surface area contributed by atoms with E-state index in [0.717, 1.165) is 77.8 Å². The summed E-state index contributed by atoms with van der Waals surface area (Å²) < 4.78 is 9.07. The van der Waals surface area contributed by atoms with Crippen molar-refractivity contribution in [2.24, 2.45) is 0 Å². The molecule has 65 heavy (non-hydrogen) atoms. The van der Waals surface area contributed by atoms with Gasteiger partial charge in [-0.05, 0) is 116 Å². The molecule has 0 amide bonds. The summed E-state index contributed by atoms with van der Waals surface area (Å²) >= 11 is 0. The van der Waals surface area contributed by atoms with Crippen molar-refractivity contribution in [2.45, 2.75) is 0 Å². The average molecular weight is 829 g/mol. The summed E-state index contributed by atoms with van der Waals surface area (Å²) in [6, 6.07) is 87.8. The van der Waals surface area contributed by atoms with Crippen molar-refractivity contribution >= 4 is 82.4 Å². The van der Waals surface area contributed by atoms with Crippen molar-refractivity contribution in [1.82, 2.24) is 4.57 Å². The van der Waals surface area contributed by atoms with E-state index in [-0.39, 0.29) is 0 Å². The fraction of sp³-hybridized carbons (Fsp3) is 0. The van der Waals surface area contributed by atoms with E-state index in [0.29, 0.717) is 0 Å². The molecule has 0 unspecified atom stereocenters. The third-order valence-electron chi connectivity index (χ3n) is 13.2. The minimum absolute atomic E-state index is 0.870. The van der Waals surface area contributed by atoms with Crippen molar-refractivity contribution in [1.29, 1.82) is 0 Å². The van der Waals surface area contributed by atoms with E-state index >= 15 is 0 Å². The maximum atomic E-state index is 6.64. The van der Waals surface area contributed by atoms with E-state index in [1.54, 1.807) is 0 Å². The molecule has 0 aliphatic carbocycles. The number of aromatic nitrogens is 1. The standard InChI is InChI=1S/C62H40N2O/c1-2-18-45-40-61-54(39-44(45)17-1)62-53(27-15-33-60(62)65-61)52-25-7-8-28-55(52)63(58-31-11-12-32-59(58)64-56-29-9-5-23-50(56)51-24-6-10-30-57(51)64)47-36-34-41(35-37-47)43-20-13-21-46(38-43)49-26-14-19-42-16-3-4-22-48(42)49/h1-40H. The molecule has 3 nitrogen and oxygen atoms in total. The Bertz CT molecular complexity index is 3910. The zero-order valence-corrected chi connectivity index (χ0v) is 35.4. The molecule has 0 saturated carbocycles. The van der Waals surface area contributed by atoms with Gasteiger partial charge in [0.1, 0.15) is 11.2 Å². The number of nitrogens with zero attached hydrogens (tertiary/aromatic N) is 2. The van der Waals surface area contributed by atoms with Gasteiger partial charge in [0.2, 0.25) is 0 Å². The summed E-state index contributed by atoms with van der Waals surface area (Å²) in [5.74, 6) is 0. The van der Waals surface area contributed by atoms with Crippen LogP contribution in [0.2, 0.25) is 0 Å². The second-order valence-corrected chi connectivity index (χ2v) is 16.8. The van der Waals surface area contributed by atoms with Gasteiger partial charge in [-0.15, -0.1) is 0 Å². The van der Waals surface area contributed by atoms with Crippen LogP contribution < -0.4 is 4.90 Å². The lowest BCUT2D eigenvalue weighted by Gasteiger charge is -2.30. The van der Waals surface area contributed by atoms with Crippen molar-refractivity contribution in [2.75, 3.05) is 4.90 Å². The van der Waals surface area contributed by atoms with Gasteiger partial charge in [-0.25, -0.2) is 0 Å². The second kappa shape index (κ2) is 15.0. The summed E-state index contributed by atoms with van der Waals surface area (Å²) in [5, 5.41) is 9.53. The highest BCUT2D eigenvalue weighted by atomic mass is 16.3. The predicted molar refractivity (Wildman–Crippen MR) is 274 cm³/mol. The fourth-order valence-electron chi connectivity index (χ4n) is 10.2. The topological polar surface area (TPSA) is 21.3 Å². The second-order valence-electron chi connectivity index (χ2n) is 16.8. The highest BCUT2D eigenvalue weighted by Gasteiger charge is 2.24. The number of hydrogen-bond acceptors (Lipinski definition) is 2. The summed E-state index contributed by atoms with van der Waals surface area (Å²) in [4.78, 5) is 2.45. The number of fused-ring (bicyclic) bond motifs is 8. The van der Waals surface area contributed by atoms with Crippen LogP contribution in [0.4, 0.5) is 17.1 Å². The molecule has 2 aromatic heterocycles. The molecule has 11 aromatic carbocycles. The van der Waals surface area contributed by atoms with Crippen molar-refractivity contribution in [3.63, 3.8) is 0 Å². The molecule has 0 spiro atoms. The highest BCUT2D eigenvalue weighted by molar-refractivity contribution is 6.17. The van der Waals surface area contributed by atoms with E-state index in [4.69, 9.17) is 4.42 Å².